The van der Waals surface area contributed by atoms with Crippen molar-refractivity contribution >= 4 is 17.6 Å². The smallest absolute Gasteiger partial charge is 0.354 e. The number of nitrogens with one attached hydrogen (secondary N) is 1. The summed E-state index contributed by atoms with van der Waals surface area (Å²) < 4.78 is 0.923. The van der Waals surface area contributed by atoms with Gasteiger partial charge in [-0.25, -0.2) is 9.59 Å². The molecule has 0 spiro atoms. The molecule has 7 nitrogen and oxygen atoms in total. The molecule has 0 radical (unpaired) electrons. The summed E-state index contributed by atoms with van der Waals surface area (Å²) in [6, 6.07) is -0.405. The summed E-state index contributed by atoms with van der Waals surface area (Å²) in [6.45, 7) is 3.23. The van der Waals surface area contributed by atoms with E-state index >= 15 is 0 Å². The lowest BCUT2D eigenvalue weighted by Crippen LogP contribution is -2.36. The van der Waals surface area contributed by atoms with Gasteiger partial charge in [0.25, 0.3) is 5.56 Å². The second-order valence-corrected chi connectivity index (χ2v) is 3.57. The molecular formula is C8H11ClN2O5. The fourth-order valence-electron chi connectivity index (χ4n) is 1.22. The van der Waals surface area contributed by atoms with Crippen molar-refractivity contribution < 1.29 is 15.4 Å². The minimum absolute atomic E-state index is 0. The highest BCUT2D eigenvalue weighted by molar-refractivity contribution is 6.33. The van der Waals surface area contributed by atoms with Crippen LogP contribution in [0.3, 0.4) is 0 Å². The molecule has 90 valence electrons. The Morgan fingerprint density at radius 3 is 2.31 bits per heavy atom. The first-order valence-electron chi connectivity index (χ1n) is 4.14. The van der Waals surface area contributed by atoms with Crippen molar-refractivity contribution in [1.29, 1.82) is 0 Å². The van der Waals surface area contributed by atoms with Gasteiger partial charge < -0.3 is 10.6 Å². The van der Waals surface area contributed by atoms with Crippen LogP contribution in [0.4, 0.5) is 0 Å². The van der Waals surface area contributed by atoms with E-state index in [9.17, 15) is 14.4 Å². The van der Waals surface area contributed by atoms with Gasteiger partial charge in [0.05, 0.1) is 0 Å². The summed E-state index contributed by atoms with van der Waals surface area (Å²) in [5.41, 5.74) is -2.16. The van der Waals surface area contributed by atoms with Gasteiger partial charge in [-0.2, -0.15) is 0 Å². The number of halogens is 1. The minimum atomic E-state index is -1.41. The molecule has 16 heavy (non-hydrogen) atoms. The number of carboxylic acid groups (broad SMARTS) is 1. The van der Waals surface area contributed by atoms with Crippen LogP contribution in [0.2, 0.25) is 5.02 Å². The monoisotopic (exact) mass is 250 g/mol. The molecule has 0 unspecified atom stereocenters. The van der Waals surface area contributed by atoms with E-state index < -0.39 is 34.0 Å². The molecule has 1 aromatic heterocycles. The van der Waals surface area contributed by atoms with Gasteiger partial charge in [-0.1, -0.05) is 11.6 Å². The van der Waals surface area contributed by atoms with Crippen molar-refractivity contribution in [3.63, 3.8) is 0 Å². The lowest BCUT2D eigenvalue weighted by Gasteiger charge is -2.13. The van der Waals surface area contributed by atoms with Crippen LogP contribution < -0.4 is 11.2 Å². The molecule has 1 heterocycles. The van der Waals surface area contributed by atoms with Crippen molar-refractivity contribution in [3.05, 3.63) is 31.6 Å². The van der Waals surface area contributed by atoms with Gasteiger partial charge >= 0.3 is 11.7 Å². The van der Waals surface area contributed by atoms with E-state index in [0.29, 0.717) is 0 Å². The molecular weight excluding hydrogens is 240 g/mol. The van der Waals surface area contributed by atoms with E-state index in [0.717, 1.165) is 4.57 Å². The Bertz CT molecular complexity index is 516. The van der Waals surface area contributed by atoms with Crippen LogP contribution in [0, 0.1) is 0 Å². The molecule has 1 rings (SSSR count). The van der Waals surface area contributed by atoms with E-state index in [4.69, 9.17) is 16.7 Å². The highest BCUT2D eigenvalue weighted by Gasteiger charge is 2.20. The topological polar surface area (TPSA) is 124 Å². The molecule has 0 saturated carbocycles. The van der Waals surface area contributed by atoms with Gasteiger partial charge in [-0.3, -0.25) is 14.3 Å². The molecule has 8 heteroatoms. The number of H-pyrrole nitrogens is 1. The first-order valence-corrected chi connectivity index (χ1v) is 4.51. The van der Waals surface area contributed by atoms with Gasteiger partial charge in [0.15, 0.2) is 5.69 Å². The van der Waals surface area contributed by atoms with Crippen molar-refractivity contribution in [2.75, 3.05) is 0 Å². The zero-order valence-corrected chi connectivity index (χ0v) is 9.33. The Balaban J connectivity index is 0.00000225. The molecule has 0 amide bonds. The van der Waals surface area contributed by atoms with E-state index in [2.05, 4.69) is 0 Å². The summed E-state index contributed by atoms with van der Waals surface area (Å²) in [5.74, 6) is -1.41. The molecule has 0 fully saturated rings. The maximum Gasteiger partial charge on any atom is 0.354 e. The number of hydrogen-bond donors (Lipinski definition) is 2. The third-order valence-electron chi connectivity index (χ3n) is 1.81. The minimum Gasteiger partial charge on any atom is -0.477 e. The zero-order chi connectivity index (χ0) is 11.7. The molecule has 0 bridgehead atoms. The normalized spacial score (nSPS) is 10.0. The average molecular weight is 251 g/mol. The van der Waals surface area contributed by atoms with Gasteiger partial charge in [-0.05, 0) is 13.8 Å². The van der Waals surface area contributed by atoms with Crippen LogP contribution >= 0.6 is 11.6 Å². The number of carboxylic acids is 1. The highest BCUT2D eigenvalue weighted by atomic mass is 35.5. The summed E-state index contributed by atoms with van der Waals surface area (Å²) >= 11 is 5.53. The second-order valence-electron chi connectivity index (χ2n) is 3.19. The van der Waals surface area contributed by atoms with Crippen LogP contribution in [0.5, 0.6) is 0 Å². The summed E-state index contributed by atoms with van der Waals surface area (Å²) in [5, 5.41) is 8.36. The van der Waals surface area contributed by atoms with E-state index in [1.165, 1.54) is 0 Å². The Morgan fingerprint density at radius 2 is 1.94 bits per heavy atom. The van der Waals surface area contributed by atoms with Crippen molar-refractivity contribution in [2.24, 2.45) is 0 Å². The summed E-state index contributed by atoms with van der Waals surface area (Å²) in [4.78, 5) is 35.2. The zero-order valence-electron chi connectivity index (χ0n) is 8.57. The Labute approximate surface area is 94.6 Å². The molecule has 0 saturated heterocycles. The molecule has 1 aromatic rings. The first-order chi connectivity index (χ1) is 6.86. The molecule has 0 aliphatic carbocycles. The molecule has 0 aliphatic rings. The van der Waals surface area contributed by atoms with Crippen molar-refractivity contribution in [3.8, 4) is 0 Å². The summed E-state index contributed by atoms with van der Waals surface area (Å²) in [6.07, 6.45) is 0. The first kappa shape index (κ1) is 14.4. The Morgan fingerprint density at radius 1 is 1.44 bits per heavy atom. The van der Waals surface area contributed by atoms with Gasteiger partial charge in [0, 0.05) is 6.04 Å². The second kappa shape index (κ2) is 4.95. The molecule has 0 aliphatic heterocycles. The fraction of sp³-hybridized carbons (Fsp3) is 0.375. The quantitative estimate of drug-likeness (QED) is 0.744. The van der Waals surface area contributed by atoms with Crippen LogP contribution in [-0.4, -0.2) is 26.1 Å². The number of aromatic nitrogens is 2. The predicted octanol–water partition coefficient (Wildman–Crippen LogP) is -0.356. The standard InChI is InChI=1S/C8H9ClN2O4.H2O/c1-3(2)11-5(7(13)14)4(9)6(12)10-8(11)15;/h3H,1-2H3,(H,13,14)(H,10,12,15);1H2. The average Bonchev–Trinajstić information content (AvgIpc) is 2.09. The van der Waals surface area contributed by atoms with Crippen LogP contribution in [0.25, 0.3) is 0 Å². The maximum absolute atomic E-state index is 11.3. The molecule has 4 N–H and O–H groups in total. The number of nitrogens with zero attached hydrogens (tertiary/aromatic N) is 1. The number of aromatic amines is 1. The van der Waals surface area contributed by atoms with Gasteiger partial charge in [0.2, 0.25) is 0 Å². The largest absolute Gasteiger partial charge is 0.477 e. The maximum atomic E-state index is 11.3. The number of aromatic carboxylic acids is 1. The van der Waals surface area contributed by atoms with Crippen LogP contribution in [-0.2, 0) is 0 Å². The third kappa shape index (κ3) is 2.31. The fourth-order valence-corrected chi connectivity index (χ4v) is 1.44. The van der Waals surface area contributed by atoms with E-state index in [1.54, 1.807) is 13.8 Å². The lowest BCUT2D eigenvalue weighted by molar-refractivity contribution is 0.0681. The Hall–Kier alpha value is -1.60. The van der Waals surface area contributed by atoms with Crippen LogP contribution in [0.15, 0.2) is 9.59 Å². The summed E-state index contributed by atoms with van der Waals surface area (Å²) in [7, 11) is 0. The Kier molecular flexibility index (Phi) is 4.46. The lowest BCUT2D eigenvalue weighted by atomic mass is 10.3. The number of carbonyl (C=O) groups is 1. The van der Waals surface area contributed by atoms with Crippen LogP contribution in [0.1, 0.15) is 30.4 Å². The highest BCUT2D eigenvalue weighted by Crippen LogP contribution is 2.12. The van der Waals surface area contributed by atoms with Crippen molar-refractivity contribution in [1.82, 2.24) is 9.55 Å². The number of rotatable bonds is 2. The SMILES string of the molecule is CC(C)n1c(C(=O)O)c(Cl)c(=O)[nH]c1=O.O. The number of hydrogen-bond acceptors (Lipinski definition) is 3. The predicted molar refractivity (Wildman–Crippen MR) is 57.3 cm³/mol. The van der Waals surface area contributed by atoms with Gasteiger partial charge in [0.1, 0.15) is 5.02 Å². The van der Waals surface area contributed by atoms with E-state index in [-0.39, 0.29) is 5.48 Å². The third-order valence-corrected chi connectivity index (χ3v) is 2.16. The van der Waals surface area contributed by atoms with E-state index in [1.807, 2.05) is 4.98 Å². The molecule has 0 aromatic carbocycles. The molecule has 0 atom stereocenters. The van der Waals surface area contributed by atoms with Crippen molar-refractivity contribution in [2.45, 2.75) is 19.9 Å². The van der Waals surface area contributed by atoms with Gasteiger partial charge in [-0.15, -0.1) is 0 Å².